The molecule has 5 heteroatoms. The van der Waals surface area contributed by atoms with Crippen molar-refractivity contribution in [2.45, 2.75) is 31.3 Å². The number of likely N-dealkylation sites (tertiary alicyclic amines) is 1. The van der Waals surface area contributed by atoms with Gasteiger partial charge >= 0.3 is 0 Å². The van der Waals surface area contributed by atoms with E-state index < -0.39 is 0 Å². The Morgan fingerprint density at radius 2 is 2.29 bits per heavy atom. The third-order valence-electron chi connectivity index (χ3n) is 3.72. The predicted molar refractivity (Wildman–Crippen MR) is 63.0 cm³/mol. The number of aryl methyl sites for hydroxylation is 1. The van der Waals surface area contributed by atoms with Crippen molar-refractivity contribution in [1.82, 2.24) is 14.5 Å². The van der Waals surface area contributed by atoms with Crippen LogP contribution in [0.15, 0.2) is 12.4 Å². The zero-order valence-corrected chi connectivity index (χ0v) is 10.0. The first-order chi connectivity index (χ1) is 8.16. The fourth-order valence-corrected chi connectivity index (χ4v) is 2.71. The number of nitrogens with zero attached hydrogens (tertiary/aromatic N) is 3. The molecule has 0 radical (unpaired) electrons. The van der Waals surface area contributed by atoms with Gasteiger partial charge in [0.15, 0.2) is 0 Å². The molecular weight excluding hydrogens is 216 g/mol. The highest BCUT2D eigenvalue weighted by Crippen LogP contribution is 2.45. The fraction of sp³-hybridized carbons (Fsp3) is 0.667. The number of imidazole rings is 1. The molecule has 2 unspecified atom stereocenters. The Balaban J connectivity index is 1.91. The summed E-state index contributed by atoms with van der Waals surface area (Å²) in [6.45, 7) is 0.673. The minimum absolute atomic E-state index is 0.0102. The molecular formula is C12H18N4O. The van der Waals surface area contributed by atoms with E-state index >= 15 is 0 Å². The summed E-state index contributed by atoms with van der Waals surface area (Å²) in [5.41, 5.74) is 5.88. The monoisotopic (exact) mass is 234 g/mol. The summed E-state index contributed by atoms with van der Waals surface area (Å²) in [5.74, 6) is 1.75. The lowest BCUT2D eigenvalue weighted by Crippen LogP contribution is -2.34. The van der Waals surface area contributed by atoms with E-state index in [0.29, 0.717) is 18.9 Å². The van der Waals surface area contributed by atoms with Crippen LogP contribution in [0.5, 0.6) is 0 Å². The first-order valence-corrected chi connectivity index (χ1v) is 6.19. The summed E-state index contributed by atoms with van der Waals surface area (Å²) in [5, 5.41) is 0. The minimum Gasteiger partial charge on any atom is -0.336 e. The van der Waals surface area contributed by atoms with Gasteiger partial charge in [0, 0.05) is 38.4 Å². The van der Waals surface area contributed by atoms with E-state index in [1.807, 2.05) is 22.7 Å². The second kappa shape index (κ2) is 3.84. The number of hydrogen-bond donors (Lipinski definition) is 1. The summed E-state index contributed by atoms with van der Waals surface area (Å²) in [7, 11) is 1.98. The summed E-state index contributed by atoms with van der Waals surface area (Å²) in [6, 6.07) is 0.125. The van der Waals surface area contributed by atoms with Crippen molar-refractivity contribution in [3.05, 3.63) is 18.2 Å². The molecule has 2 heterocycles. The Morgan fingerprint density at radius 1 is 1.53 bits per heavy atom. The molecule has 1 aliphatic heterocycles. The molecule has 2 N–H and O–H groups in total. The largest absolute Gasteiger partial charge is 0.336 e. The standard InChI is InChI=1S/C12H18N4O/c1-15-5-4-14-12(15)11(8-2-3-8)16-7-9(13)6-10(16)17/h4-5,8-9,11H,2-3,6-7,13H2,1H3. The average molecular weight is 234 g/mol. The third kappa shape index (κ3) is 1.84. The first-order valence-electron chi connectivity index (χ1n) is 6.19. The number of rotatable bonds is 3. The molecule has 0 bridgehead atoms. The Bertz CT molecular complexity index is 437. The highest BCUT2D eigenvalue weighted by atomic mass is 16.2. The zero-order chi connectivity index (χ0) is 12.0. The lowest BCUT2D eigenvalue weighted by molar-refractivity contribution is -0.130. The topological polar surface area (TPSA) is 64.2 Å². The van der Waals surface area contributed by atoms with Crippen LogP contribution in [0.25, 0.3) is 0 Å². The third-order valence-corrected chi connectivity index (χ3v) is 3.72. The van der Waals surface area contributed by atoms with Crippen LogP contribution in [-0.2, 0) is 11.8 Å². The lowest BCUT2D eigenvalue weighted by Gasteiger charge is -2.27. The normalized spacial score (nSPS) is 26.6. The summed E-state index contributed by atoms with van der Waals surface area (Å²) < 4.78 is 2.01. The quantitative estimate of drug-likeness (QED) is 0.825. The van der Waals surface area contributed by atoms with E-state index in [4.69, 9.17) is 5.73 Å². The Labute approximate surface area is 101 Å². The molecule has 2 aliphatic rings. The Kier molecular flexibility index (Phi) is 2.43. The molecule has 92 valence electrons. The number of amides is 1. The SMILES string of the molecule is Cn1ccnc1C(C1CC1)N1CC(N)CC1=O. The molecule has 1 saturated heterocycles. The van der Waals surface area contributed by atoms with Gasteiger partial charge in [-0.05, 0) is 18.8 Å². The second-order valence-electron chi connectivity index (χ2n) is 5.19. The molecule has 1 aliphatic carbocycles. The maximum atomic E-state index is 12.0. The number of nitrogens with two attached hydrogens (primary N) is 1. The number of carbonyl (C=O) groups is 1. The zero-order valence-electron chi connectivity index (χ0n) is 10.0. The van der Waals surface area contributed by atoms with Gasteiger partial charge in [0.1, 0.15) is 5.82 Å². The van der Waals surface area contributed by atoms with E-state index in [2.05, 4.69) is 4.98 Å². The van der Waals surface area contributed by atoms with E-state index in [1.165, 1.54) is 12.8 Å². The molecule has 1 aromatic heterocycles. The molecule has 2 atom stereocenters. The highest BCUT2D eigenvalue weighted by Gasteiger charge is 2.43. The molecule has 1 amide bonds. The van der Waals surface area contributed by atoms with Crippen LogP contribution in [-0.4, -0.2) is 32.9 Å². The first kappa shape index (κ1) is 10.8. The summed E-state index contributed by atoms with van der Waals surface area (Å²) in [4.78, 5) is 18.3. The van der Waals surface area contributed by atoms with Crippen LogP contribution in [0.1, 0.15) is 31.1 Å². The van der Waals surface area contributed by atoms with Crippen molar-refractivity contribution in [1.29, 1.82) is 0 Å². The molecule has 5 nitrogen and oxygen atoms in total. The highest BCUT2D eigenvalue weighted by molar-refractivity contribution is 5.79. The Hall–Kier alpha value is -1.36. The summed E-state index contributed by atoms with van der Waals surface area (Å²) in [6.07, 6.45) is 6.59. The van der Waals surface area contributed by atoms with Gasteiger partial charge in [0.2, 0.25) is 5.91 Å². The van der Waals surface area contributed by atoms with Gasteiger partial charge in [-0.1, -0.05) is 0 Å². The molecule has 2 fully saturated rings. The Morgan fingerprint density at radius 3 is 2.76 bits per heavy atom. The van der Waals surface area contributed by atoms with Gasteiger partial charge in [-0.2, -0.15) is 0 Å². The van der Waals surface area contributed by atoms with Crippen LogP contribution < -0.4 is 5.73 Å². The van der Waals surface area contributed by atoms with Crippen LogP contribution in [0.4, 0.5) is 0 Å². The van der Waals surface area contributed by atoms with Crippen molar-refractivity contribution in [2.75, 3.05) is 6.54 Å². The molecule has 3 rings (SSSR count). The number of aromatic nitrogens is 2. The predicted octanol–water partition coefficient (Wildman–Crippen LogP) is 0.431. The second-order valence-corrected chi connectivity index (χ2v) is 5.19. The molecule has 1 aromatic rings. The van der Waals surface area contributed by atoms with Crippen LogP contribution >= 0.6 is 0 Å². The average Bonchev–Trinajstić information content (AvgIpc) is 2.93. The van der Waals surface area contributed by atoms with Crippen LogP contribution in [0, 0.1) is 5.92 Å². The van der Waals surface area contributed by atoms with Crippen molar-refractivity contribution in [2.24, 2.45) is 18.7 Å². The van der Waals surface area contributed by atoms with E-state index in [1.54, 1.807) is 6.20 Å². The van der Waals surface area contributed by atoms with Crippen molar-refractivity contribution >= 4 is 5.91 Å². The maximum absolute atomic E-state index is 12.0. The van der Waals surface area contributed by atoms with E-state index in [0.717, 1.165) is 5.82 Å². The van der Waals surface area contributed by atoms with Gasteiger partial charge in [0.05, 0.1) is 6.04 Å². The lowest BCUT2D eigenvalue weighted by atomic mass is 10.1. The number of hydrogen-bond acceptors (Lipinski definition) is 3. The van der Waals surface area contributed by atoms with Gasteiger partial charge in [-0.3, -0.25) is 4.79 Å². The van der Waals surface area contributed by atoms with Gasteiger partial charge in [0.25, 0.3) is 0 Å². The van der Waals surface area contributed by atoms with E-state index in [-0.39, 0.29) is 18.0 Å². The molecule has 0 aromatic carbocycles. The van der Waals surface area contributed by atoms with E-state index in [9.17, 15) is 4.79 Å². The summed E-state index contributed by atoms with van der Waals surface area (Å²) >= 11 is 0. The van der Waals surface area contributed by atoms with Crippen molar-refractivity contribution < 1.29 is 4.79 Å². The van der Waals surface area contributed by atoms with Crippen molar-refractivity contribution in [3.63, 3.8) is 0 Å². The molecule has 1 saturated carbocycles. The van der Waals surface area contributed by atoms with Gasteiger partial charge in [-0.15, -0.1) is 0 Å². The maximum Gasteiger partial charge on any atom is 0.224 e. The smallest absolute Gasteiger partial charge is 0.224 e. The van der Waals surface area contributed by atoms with Gasteiger partial charge in [-0.25, -0.2) is 4.98 Å². The fourth-order valence-electron chi connectivity index (χ4n) is 2.71. The number of carbonyl (C=O) groups excluding carboxylic acids is 1. The van der Waals surface area contributed by atoms with Crippen LogP contribution in [0.3, 0.4) is 0 Å². The minimum atomic E-state index is -0.0102. The van der Waals surface area contributed by atoms with Crippen molar-refractivity contribution in [3.8, 4) is 0 Å². The van der Waals surface area contributed by atoms with Gasteiger partial charge < -0.3 is 15.2 Å². The van der Waals surface area contributed by atoms with Crippen LogP contribution in [0.2, 0.25) is 0 Å². The molecule has 17 heavy (non-hydrogen) atoms. The molecule has 0 spiro atoms.